The third kappa shape index (κ3) is 4.60. The number of anilines is 3. The average Bonchev–Trinajstić information content (AvgIpc) is 3.41. The minimum atomic E-state index is 0.760. The van der Waals surface area contributed by atoms with E-state index in [1.807, 2.05) is 25.4 Å². The maximum Gasteiger partial charge on any atom is 0.188 e. The number of fused-ring (bicyclic) bond motifs is 1. The molecule has 158 valence electrons. The van der Waals surface area contributed by atoms with Gasteiger partial charge in [0.25, 0.3) is 0 Å². The number of aromatic amines is 1. The van der Waals surface area contributed by atoms with Gasteiger partial charge in [-0.1, -0.05) is 23.5 Å². The summed E-state index contributed by atoms with van der Waals surface area (Å²) in [6, 6.07) is 10.5. The summed E-state index contributed by atoms with van der Waals surface area (Å²) in [5.41, 5.74) is 2.32. The van der Waals surface area contributed by atoms with Crippen molar-refractivity contribution in [1.29, 1.82) is 0 Å². The number of aryl methyl sites for hydroxylation is 1. The fourth-order valence-corrected chi connectivity index (χ4v) is 4.42. The number of piperazine rings is 1. The number of nitrogens with one attached hydrogen (secondary N) is 2. The zero-order valence-corrected chi connectivity index (χ0v) is 18.5. The molecule has 4 aromatic rings. The molecule has 0 amide bonds. The maximum atomic E-state index is 4.64. The van der Waals surface area contributed by atoms with Crippen LogP contribution in [0.3, 0.4) is 0 Å². The van der Waals surface area contributed by atoms with Crippen LogP contribution < -0.4 is 10.2 Å². The quantitative estimate of drug-likeness (QED) is 0.488. The van der Waals surface area contributed by atoms with Crippen LogP contribution in [0.2, 0.25) is 0 Å². The van der Waals surface area contributed by atoms with E-state index in [1.54, 1.807) is 11.3 Å². The molecule has 0 bridgehead atoms. The number of aromatic nitrogens is 4. The molecule has 8 heteroatoms. The van der Waals surface area contributed by atoms with Gasteiger partial charge in [-0.2, -0.15) is 0 Å². The minimum Gasteiger partial charge on any atom is -0.361 e. The molecule has 4 heterocycles. The first kappa shape index (κ1) is 19.7. The van der Waals surface area contributed by atoms with E-state index >= 15 is 0 Å². The van der Waals surface area contributed by atoms with E-state index in [0.717, 1.165) is 59.2 Å². The van der Waals surface area contributed by atoms with E-state index in [0.29, 0.717) is 0 Å². The lowest BCUT2D eigenvalue weighted by Crippen LogP contribution is -2.44. The van der Waals surface area contributed by atoms with Crippen LogP contribution in [0.1, 0.15) is 16.3 Å². The van der Waals surface area contributed by atoms with Crippen molar-refractivity contribution >= 4 is 51.2 Å². The lowest BCUT2D eigenvalue weighted by molar-refractivity contribution is 0.312. The van der Waals surface area contributed by atoms with Crippen LogP contribution in [0.25, 0.3) is 23.1 Å². The maximum absolute atomic E-state index is 4.64. The average molecular weight is 432 g/mol. The smallest absolute Gasteiger partial charge is 0.188 e. The molecule has 1 aliphatic heterocycles. The topological polar surface area (TPSA) is 73.0 Å². The second kappa shape index (κ2) is 8.49. The molecule has 7 nitrogen and oxygen atoms in total. The zero-order chi connectivity index (χ0) is 21.2. The molecule has 1 saturated heterocycles. The molecule has 3 aromatic heterocycles. The fourth-order valence-electron chi connectivity index (χ4n) is 3.70. The molecular weight excluding hydrogens is 406 g/mol. The van der Waals surface area contributed by atoms with Crippen LogP contribution in [0.15, 0.2) is 42.7 Å². The second-order valence-corrected chi connectivity index (χ2v) is 8.86. The second-order valence-electron chi connectivity index (χ2n) is 7.80. The monoisotopic (exact) mass is 431 g/mol. The van der Waals surface area contributed by atoms with Crippen molar-refractivity contribution in [2.75, 3.05) is 43.4 Å². The van der Waals surface area contributed by atoms with Gasteiger partial charge in [-0.3, -0.25) is 0 Å². The van der Waals surface area contributed by atoms with E-state index in [9.17, 15) is 0 Å². The van der Waals surface area contributed by atoms with E-state index in [-0.39, 0.29) is 0 Å². The van der Waals surface area contributed by atoms with Crippen LogP contribution in [-0.4, -0.2) is 58.1 Å². The Labute approximate surface area is 185 Å². The fraction of sp³-hybridized carbons (Fsp3) is 0.261. The summed E-state index contributed by atoms with van der Waals surface area (Å²) in [6.45, 7) is 5.98. The predicted molar refractivity (Wildman–Crippen MR) is 129 cm³/mol. The van der Waals surface area contributed by atoms with Gasteiger partial charge >= 0.3 is 0 Å². The van der Waals surface area contributed by atoms with Gasteiger partial charge in [-0.25, -0.2) is 15.0 Å². The highest BCUT2D eigenvalue weighted by Crippen LogP contribution is 2.26. The lowest BCUT2D eigenvalue weighted by atomic mass is 10.1. The van der Waals surface area contributed by atoms with Gasteiger partial charge in [0, 0.05) is 55.0 Å². The molecule has 5 rings (SSSR count). The molecule has 0 spiro atoms. The molecule has 1 aliphatic rings. The molecule has 2 N–H and O–H groups in total. The Bertz CT molecular complexity index is 1220. The van der Waals surface area contributed by atoms with Crippen LogP contribution in [0.5, 0.6) is 0 Å². The van der Waals surface area contributed by atoms with Crippen molar-refractivity contribution in [3.05, 3.63) is 59.0 Å². The number of hydrogen-bond acceptors (Lipinski definition) is 7. The molecule has 31 heavy (non-hydrogen) atoms. The van der Waals surface area contributed by atoms with Gasteiger partial charge in [0.15, 0.2) is 5.13 Å². The summed E-state index contributed by atoms with van der Waals surface area (Å²) in [5, 5.41) is 5.39. The van der Waals surface area contributed by atoms with Gasteiger partial charge in [-0.15, -0.1) is 0 Å². The van der Waals surface area contributed by atoms with Crippen molar-refractivity contribution in [2.24, 2.45) is 0 Å². The van der Waals surface area contributed by atoms with Crippen molar-refractivity contribution in [3.63, 3.8) is 0 Å². The third-order valence-electron chi connectivity index (χ3n) is 5.43. The highest BCUT2D eigenvalue weighted by Gasteiger charge is 2.16. The highest BCUT2D eigenvalue weighted by molar-refractivity contribution is 7.16. The molecule has 0 atom stereocenters. The first-order chi connectivity index (χ1) is 15.1. The molecule has 0 radical (unpaired) electrons. The van der Waals surface area contributed by atoms with Gasteiger partial charge in [-0.05, 0) is 49.2 Å². The van der Waals surface area contributed by atoms with Crippen LogP contribution >= 0.6 is 11.3 Å². The summed E-state index contributed by atoms with van der Waals surface area (Å²) < 4.78 is 0. The van der Waals surface area contributed by atoms with Crippen molar-refractivity contribution < 1.29 is 0 Å². The van der Waals surface area contributed by atoms with Gasteiger partial charge in [0.2, 0.25) is 0 Å². The Balaban J connectivity index is 1.29. The number of H-pyrrole nitrogens is 1. The lowest BCUT2D eigenvalue weighted by Gasteiger charge is -2.33. The van der Waals surface area contributed by atoms with Gasteiger partial charge in [0.1, 0.15) is 17.5 Å². The number of likely N-dealkylation sites (N-methyl/N-ethyl adjacent to an activating group) is 1. The number of hydrogen-bond donors (Lipinski definition) is 2. The standard InChI is InChI=1S/C23H25N7S/c1-16-26-21(14-22(27-16)30-11-9-29(2)10-12-30)28-23-25-15-19(31-23)5-3-17-4-6-20-18(13-17)7-8-24-20/h3-8,13-15,24H,9-12H2,1-2H3,(H,25,26,27,28)/b5-3+. The molecule has 0 saturated carbocycles. The SMILES string of the molecule is Cc1nc(Nc2ncc(/C=C/c3ccc4[nH]ccc4c3)s2)cc(N2CCN(C)CC2)n1. The Hall–Kier alpha value is -3.23. The van der Waals surface area contributed by atoms with E-state index in [2.05, 4.69) is 78.5 Å². The van der Waals surface area contributed by atoms with Crippen molar-refractivity contribution in [1.82, 2.24) is 24.8 Å². The molecule has 0 unspecified atom stereocenters. The zero-order valence-electron chi connectivity index (χ0n) is 17.7. The first-order valence-electron chi connectivity index (χ1n) is 10.4. The number of rotatable bonds is 5. The van der Waals surface area contributed by atoms with Crippen molar-refractivity contribution in [2.45, 2.75) is 6.92 Å². The highest BCUT2D eigenvalue weighted by atomic mass is 32.1. The summed E-state index contributed by atoms with van der Waals surface area (Å²) in [5.74, 6) is 2.51. The Morgan fingerprint density at radius 2 is 1.94 bits per heavy atom. The molecular formula is C23H25N7S. The largest absolute Gasteiger partial charge is 0.361 e. The Morgan fingerprint density at radius 3 is 2.81 bits per heavy atom. The number of benzene rings is 1. The van der Waals surface area contributed by atoms with Crippen LogP contribution in [-0.2, 0) is 0 Å². The normalized spacial score (nSPS) is 15.2. The van der Waals surface area contributed by atoms with Crippen LogP contribution in [0, 0.1) is 6.92 Å². The minimum absolute atomic E-state index is 0.760. The van der Waals surface area contributed by atoms with Gasteiger partial charge in [0.05, 0.1) is 0 Å². The van der Waals surface area contributed by atoms with Crippen LogP contribution in [0.4, 0.5) is 16.8 Å². The summed E-state index contributed by atoms with van der Waals surface area (Å²) in [6.07, 6.45) is 8.05. The number of nitrogens with zero attached hydrogens (tertiary/aromatic N) is 5. The van der Waals surface area contributed by atoms with Gasteiger partial charge < -0.3 is 20.1 Å². The summed E-state index contributed by atoms with van der Waals surface area (Å²) in [4.78, 5) is 22.7. The predicted octanol–water partition coefficient (Wildman–Crippen LogP) is 4.39. The molecule has 1 fully saturated rings. The number of thiazole rings is 1. The van der Waals surface area contributed by atoms with E-state index in [1.165, 1.54) is 10.9 Å². The summed E-state index contributed by atoms with van der Waals surface area (Å²) in [7, 11) is 2.16. The Morgan fingerprint density at radius 1 is 1.06 bits per heavy atom. The van der Waals surface area contributed by atoms with E-state index in [4.69, 9.17) is 0 Å². The summed E-state index contributed by atoms with van der Waals surface area (Å²) >= 11 is 1.60. The Kier molecular flexibility index (Phi) is 5.40. The third-order valence-corrected chi connectivity index (χ3v) is 6.31. The first-order valence-corrected chi connectivity index (χ1v) is 11.2. The molecule has 1 aromatic carbocycles. The molecule has 0 aliphatic carbocycles. The van der Waals surface area contributed by atoms with Crippen molar-refractivity contribution in [3.8, 4) is 0 Å². The van der Waals surface area contributed by atoms with E-state index < -0.39 is 0 Å².